The highest BCUT2D eigenvalue weighted by atomic mass is 35.5. The first-order valence-electron chi connectivity index (χ1n) is 5.95. The van der Waals surface area contributed by atoms with Gasteiger partial charge in [0, 0.05) is 13.1 Å². The largest absolute Gasteiger partial charge is 0.452 e. The van der Waals surface area contributed by atoms with Crippen molar-refractivity contribution in [1.29, 1.82) is 0 Å². The zero-order valence-electron chi connectivity index (χ0n) is 10.3. The summed E-state index contributed by atoms with van der Waals surface area (Å²) in [6, 6.07) is 6.57. The Kier molecular flexibility index (Phi) is 4.76. The molecule has 102 valence electrons. The molecule has 0 N–H and O–H groups in total. The number of hydrogen-bond donors (Lipinski definition) is 0. The van der Waals surface area contributed by atoms with E-state index in [4.69, 9.17) is 21.1 Å². The zero-order valence-corrected chi connectivity index (χ0v) is 11.1. The number of nitrogens with zero attached hydrogens (tertiary/aromatic N) is 1. The summed E-state index contributed by atoms with van der Waals surface area (Å²) >= 11 is 5.87. The van der Waals surface area contributed by atoms with Gasteiger partial charge in [0.15, 0.2) is 6.61 Å². The Balaban J connectivity index is 1.86. The van der Waals surface area contributed by atoms with Gasteiger partial charge in [0.05, 0.1) is 23.8 Å². The second-order valence-electron chi connectivity index (χ2n) is 4.05. The predicted molar refractivity (Wildman–Crippen MR) is 69.1 cm³/mol. The number of morpholine rings is 1. The lowest BCUT2D eigenvalue weighted by Gasteiger charge is -2.26. The SMILES string of the molecule is O=C(OCC(=O)N1CCOCC1)c1ccccc1Cl. The second kappa shape index (κ2) is 6.54. The van der Waals surface area contributed by atoms with Gasteiger partial charge in [-0.25, -0.2) is 4.79 Å². The highest BCUT2D eigenvalue weighted by molar-refractivity contribution is 6.33. The maximum Gasteiger partial charge on any atom is 0.340 e. The van der Waals surface area contributed by atoms with Gasteiger partial charge in [0.1, 0.15) is 0 Å². The molecule has 0 aliphatic carbocycles. The molecule has 1 aromatic rings. The number of halogens is 1. The van der Waals surface area contributed by atoms with Crippen molar-refractivity contribution in [1.82, 2.24) is 4.90 Å². The van der Waals surface area contributed by atoms with Crippen molar-refractivity contribution >= 4 is 23.5 Å². The van der Waals surface area contributed by atoms with Crippen molar-refractivity contribution in [2.24, 2.45) is 0 Å². The van der Waals surface area contributed by atoms with Crippen molar-refractivity contribution in [2.75, 3.05) is 32.9 Å². The smallest absolute Gasteiger partial charge is 0.340 e. The van der Waals surface area contributed by atoms with Crippen molar-refractivity contribution in [3.8, 4) is 0 Å². The average Bonchev–Trinajstić information content (AvgIpc) is 2.46. The Labute approximate surface area is 116 Å². The van der Waals surface area contributed by atoms with Gasteiger partial charge < -0.3 is 14.4 Å². The molecule has 0 spiro atoms. The Morgan fingerprint density at radius 1 is 1.26 bits per heavy atom. The predicted octanol–water partition coefficient (Wildman–Crippen LogP) is 1.36. The molecule has 19 heavy (non-hydrogen) atoms. The lowest BCUT2D eigenvalue weighted by atomic mass is 10.2. The third-order valence-electron chi connectivity index (χ3n) is 2.78. The molecule has 0 radical (unpaired) electrons. The van der Waals surface area contributed by atoms with E-state index in [0.29, 0.717) is 31.3 Å². The maximum atomic E-state index is 11.8. The van der Waals surface area contributed by atoms with Crippen LogP contribution in [-0.4, -0.2) is 49.7 Å². The van der Waals surface area contributed by atoms with Gasteiger partial charge in [-0.2, -0.15) is 0 Å². The van der Waals surface area contributed by atoms with Crippen LogP contribution in [0.2, 0.25) is 5.02 Å². The maximum absolute atomic E-state index is 11.8. The lowest BCUT2D eigenvalue weighted by molar-refractivity contribution is -0.138. The summed E-state index contributed by atoms with van der Waals surface area (Å²) in [5.41, 5.74) is 0.263. The van der Waals surface area contributed by atoms with Gasteiger partial charge in [0.2, 0.25) is 0 Å². The fourth-order valence-electron chi connectivity index (χ4n) is 1.74. The number of carbonyl (C=O) groups excluding carboxylic acids is 2. The van der Waals surface area contributed by atoms with Gasteiger partial charge in [-0.15, -0.1) is 0 Å². The van der Waals surface area contributed by atoms with Crippen LogP contribution < -0.4 is 0 Å². The van der Waals surface area contributed by atoms with Gasteiger partial charge in [-0.3, -0.25) is 4.79 Å². The van der Waals surface area contributed by atoms with Crippen LogP contribution in [-0.2, 0) is 14.3 Å². The minimum absolute atomic E-state index is 0.219. The van der Waals surface area contributed by atoms with Crippen LogP contribution in [0.1, 0.15) is 10.4 Å². The second-order valence-corrected chi connectivity index (χ2v) is 4.46. The van der Waals surface area contributed by atoms with E-state index in [1.165, 1.54) is 0 Å². The summed E-state index contributed by atoms with van der Waals surface area (Å²) in [6.07, 6.45) is 0. The highest BCUT2D eigenvalue weighted by Crippen LogP contribution is 2.15. The molecular weight excluding hydrogens is 270 g/mol. The van der Waals surface area contributed by atoms with Crippen molar-refractivity contribution in [2.45, 2.75) is 0 Å². The molecule has 1 heterocycles. The molecule has 2 rings (SSSR count). The van der Waals surface area contributed by atoms with E-state index in [0.717, 1.165) is 0 Å². The van der Waals surface area contributed by atoms with E-state index in [9.17, 15) is 9.59 Å². The molecule has 1 amide bonds. The van der Waals surface area contributed by atoms with Crippen LogP contribution in [0.3, 0.4) is 0 Å². The molecule has 1 aliphatic rings. The molecule has 0 saturated carbocycles. The van der Waals surface area contributed by atoms with Crippen molar-refractivity contribution in [3.63, 3.8) is 0 Å². The molecule has 6 heteroatoms. The Morgan fingerprint density at radius 2 is 1.95 bits per heavy atom. The summed E-state index contributed by atoms with van der Waals surface area (Å²) in [6.45, 7) is 1.82. The molecule has 0 unspecified atom stereocenters. The van der Waals surface area contributed by atoms with Gasteiger partial charge in [-0.1, -0.05) is 23.7 Å². The van der Waals surface area contributed by atoms with Crippen LogP contribution in [0, 0.1) is 0 Å². The molecular formula is C13H14ClNO4. The summed E-state index contributed by atoms with van der Waals surface area (Å²) in [5.74, 6) is -0.809. The van der Waals surface area contributed by atoms with Crippen LogP contribution >= 0.6 is 11.6 Å². The molecule has 0 atom stereocenters. The van der Waals surface area contributed by atoms with Crippen LogP contribution in [0.15, 0.2) is 24.3 Å². The molecule has 1 aliphatic heterocycles. The quantitative estimate of drug-likeness (QED) is 0.786. The molecule has 1 aromatic carbocycles. The molecule has 5 nitrogen and oxygen atoms in total. The van der Waals surface area contributed by atoms with E-state index in [-0.39, 0.29) is 18.1 Å². The fraction of sp³-hybridized carbons (Fsp3) is 0.385. The Bertz CT molecular complexity index is 471. The van der Waals surface area contributed by atoms with Gasteiger partial charge in [-0.05, 0) is 12.1 Å². The third kappa shape index (κ3) is 3.68. The Morgan fingerprint density at radius 3 is 2.63 bits per heavy atom. The fourth-order valence-corrected chi connectivity index (χ4v) is 1.95. The van der Waals surface area contributed by atoms with Crippen molar-refractivity contribution < 1.29 is 19.1 Å². The summed E-state index contributed by atoms with van der Waals surface area (Å²) < 4.78 is 10.1. The normalized spacial score (nSPS) is 15.1. The minimum atomic E-state index is -0.591. The van der Waals surface area contributed by atoms with E-state index in [1.807, 2.05) is 0 Å². The lowest BCUT2D eigenvalue weighted by Crippen LogP contribution is -2.42. The number of hydrogen-bond acceptors (Lipinski definition) is 4. The topological polar surface area (TPSA) is 55.8 Å². The molecule has 0 aromatic heterocycles. The zero-order chi connectivity index (χ0) is 13.7. The first-order chi connectivity index (χ1) is 9.18. The van der Waals surface area contributed by atoms with E-state index in [1.54, 1.807) is 29.2 Å². The summed E-state index contributed by atoms with van der Waals surface area (Å²) in [7, 11) is 0. The van der Waals surface area contributed by atoms with Crippen molar-refractivity contribution in [3.05, 3.63) is 34.9 Å². The van der Waals surface area contributed by atoms with Crippen LogP contribution in [0.5, 0.6) is 0 Å². The minimum Gasteiger partial charge on any atom is -0.452 e. The van der Waals surface area contributed by atoms with E-state index >= 15 is 0 Å². The van der Waals surface area contributed by atoms with Gasteiger partial charge in [0.25, 0.3) is 5.91 Å². The van der Waals surface area contributed by atoms with Crippen LogP contribution in [0.4, 0.5) is 0 Å². The van der Waals surface area contributed by atoms with E-state index < -0.39 is 5.97 Å². The standard InChI is InChI=1S/C13H14ClNO4/c14-11-4-2-1-3-10(11)13(17)19-9-12(16)15-5-7-18-8-6-15/h1-4H,5-9H2. The first kappa shape index (κ1) is 13.8. The molecule has 0 bridgehead atoms. The number of rotatable bonds is 3. The molecule has 1 saturated heterocycles. The average molecular weight is 284 g/mol. The number of benzene rings is 1. The molecule has 1 fully saturated rings. The number of ether oxygens (including phenoxy) is 2. The summed E-state index contributed by atoms with van der Waals surface area (Å²) in [4.78, 5) is 25.1. The third-order valence-corrected chi connectivity index (χ3v) is 3.11. The number of esters is 1. The number of carbonyl (C=O) groups is 2. The first-order valence-corrected chi connectivity index (χ1v) is 6.33. The van der Waals surface area contributed by atoms with E-state index in [2.05, 4.69) is 0 Å². The highest BCUT2D eigenvalue weighted by Gasteiger charge is 2.19. The monoisotopic (exact) mass is 283 g/mol. The van der Waals surface area contributed by atoms with Crippen LogP contribution in [0.25, 0.3) is 0 Å². The Hall–Kier alpha value is -1.59. The van der Waals surface area contributed by atoms with Gasteiger partial charge >= 0.3 is 5.97 Å². The summed E-state index contributed by atoms with van der Waals surface area (Å²) in [5, 5.41) is 0.311. The number of amides is 1.